The van der Waals surface area contributed by atoms with Crippen LogP contribution in [0, 0.1) is 6.92 Å². The van der Waals surface area contributed by atoms with Gasteiger partial charge in [-0.15, -0.1) is 0 Å². The highest BCUT2D eigenvalue weighted by Gasteiger charge is 2.07. The van der Waals surface area contributed by atoms with Gasteiger partial charge in [0.25, 0.3) is 0 Å². The number of aromatic amines is 1. The van der Waals surface area contributed by atoms with Gasteiger partial charge in [-0.2, -0.15) is 0 Å². The van der Waals surface area contributed by atoms with Crippen LogP contribution < -0.4 is 0 Å². The fourth-order valence-electron chi connectivity index (χ4n) is 2.06. The van der Waals surface area contributed by atoms with Crippen LogP contribution in [0.1, 0.15) is 5.56 Å². The summed E-state index contributed by atoms with van der Waals surface area (Å²) in [5.74, 6) is 0. The number of hydrogen-bond acceptors (Lipinski definition) is 0. The lowest BCUT2D eigenvalue weighted by Gasteiger charge is -1.97. The Morgan fingerprint density at radius 2 is 1.94 bits per heavy atom. The first-order valence-electron chi connectivity index (χ1n) is 5.02. The average molecular weight is 295 g/mol. The van der Waals surface area contributed by atoms with Crippen LogP contribution in [-0.2, 0) is 0 Å². The minimum atomic E-state index is 0.769. The number of rotatable bonds is 0. The van der Waals surface area contributed by atoms with Gasteiger partial charge in [0, 0.05) is 25.8 Å². The van der Waals surface area contributed by atoms with Gasteiger partial charge in [-0.1, -0.05) is 11.6 Å². The summed E-state index contributed by atoms with van der Waals surface area (Å²) in [5, 5.41) is 3.15. The molecule has 0 saturated heterocycles. The van der Waals surface area contributed by atoms with Crippen LogP contribution in [0.2, 0.25) is 5.02 Å². The fourth-order valence-corrected chi connectivity index (χ4v) is 2.91. The number of fused-ring (bicyclic) bond motifs is 3. The molecule has 3 heteroatoms. The molecular formula is C13H9BrClN. The Balaban J connectivity index is 2.57. The van der Waals surface area contributed by atoms with Crippen molar-refractivity contribution in [3.8, 4) is 0 Å². The summed E-state index contributed by atoms with van der Waals surface area (Å²) in [7, 11) is 0. The Kier molecular flexibility index (Phi) is 2.23. The number of benzene rings is 2. The van der Waals surface area contributed by atoms with E-state index in [9.17, 15) is 0 Å². The van der Waals surface area contributed by atoms with Crippen molar-refractivity contribution in [2.45, 2.75) is 6.92 Å². The van der Waals surface area contributed by atoms with E-state index in [4.69, 9.17) is 11.6 Å². The third kappa shape index (κ3) is 1.45. The maximum absolute atomic E-state index is 6.03. The molecule has 2 aromatic carbocycles. The van der Waals surface area contributed by atoms with Crippen LogP contribution >= 0.6 is 27.5 Å². The van der Waals surface area contributed by atoms with Crippen molar-refractivity contribution in [1.29, 1.82) is 0 Å². The molecule has 80 valence electrons. The number of aromatic nitrogens is 1. The first-order valence-corrected chi connectivity index (χ1v) is 6.19. The highest BCUT2D eigenvalue weighted by atomic mass is 79.9. The van der Waals surface area contributed by atoms with E-state index in [0.29, 0.717) is 0 Å². The molecule has 0 atom stereocenters. The monoisotopic (exact) mass is 293 g/mol. The zero-order valence-electron chi connectivity index (χ0n) is 8.64. The summed E-state index contributed by atoms with van der Waals surface area (Å²) < 4.78 is 1.09. The summed E-state index contributed by atoms with van der Waals surface area (Å²) in [6.45, 7) is 2.09. The number of H-pyrrole nitrogens is 1. The number of hydrogen-bond donors (Lipinski definition) is 1. The second-order valence-electron chi connectivity index (χ2n) is 3.98. The Bertz CT molecular complexity index is 700. The molecule has 1 aromatic heterocycles. The third-order valence-electron chi connectivity index (χ3n) is 2.77. The molecule has 0 radical (unpaired) electrons. The third-order valence-corrected chi connectivity index (χ3v) is 3.63. The molecular weight excluding hydrogens is 286 g/mol. The molecule has 1 nitrogen and oxygen atoms in total. The zero-order chi connectivity index (χ0) is 11.3. The summed E-state index contributed by atoms with van der Waals surface area (Å²) >= 11 is 9.61. The van der Waals surface area contributed by atoms with Gasteiger partial charge in [0.2, 0.25) is 0 Å². The number of halogens is 2. The predicted molar refractivity (Wildman–Crippen MR) is 73.3 cm³/mol. The van der Waals surface area contributed by atoms with Crippen molar-refractivity contribution in [3.05, 3.63) is 45.4 Å². The quantitative estimate of drug-likeness (QED) is 0.597. The van der Waals surface area contributed by atoms with E-state index in [1.807, 2.05) is 18.2 Å². The summed E-state index contributed by atoms with van der Waals surface area (Å²) in [6.07, 6.45) is 0. The molecule has 1 heterocycles. The van der Waals surface area contributed by atoms with Gasteiger partial charge >= 0.3 is 0 Å². The molecule has 3 aromatic rings. The molecule has 1 N–H and O–H groups in total. The van der Waals surface area contributed by atoms with E-state index in [-0.39, 0.29) is 0 Å². The van der Waals surface area contributed by atoms with Gasteiger partial charge in [-0.05, 0) is 58.7 Å². The summed E-state index contributed by atoms with van der Waals surface area (Å²) in [6, 6.07) is 10.2. The Hall–Kier alpha value is -0.990. The van der Waals surface area contributed by atoms with Crippen LogP contribution in [0.15, 0.2) is 34.8 Å². The maximum Gasteiger partial charge on any atom is 0.0609 e. The largest absolute Gasteiger partial charge is 0.354 e. The van der Waals surface area contributed by atoms with Gasteiger partial charge < -0.3 is 4.98 Å². The highest BCUT2D eigenvalue weighted by Crippen LogP contribution is 2.32. The standard InChI is InChI=1S/C13H9BrClN/c1-7-4-10-9-6-8(15)2-3-12(9)16-13(10)11(14)5-7/h2-6,16H,1H3. The fraction of sp³-hybridized carbons (Fsp3) is 0.0769. The van der Waals surface area contributed by atoms with Crippen molar-refractivity contribution in [2.75, 3.05) is 0 Å². The van der Waals surface area contributed by atoms with E-state index in [1.54, 1.807) is 0 Å². The Morgan fingerprint density at radius 1 is 1.12 bits per heavy atom. The van der Waals surface area contributed by atoms with Crippen LogP contribution in [-0.4, -0.2) is 4.98 Å². The molecule has 0 saturated carbocycles. The molecule has 0 spiro atoms. The van der Waals surface area contributed by atoms with Crippen LogP contribution in [0.4, 0.5) is 0 Å². The van der Waals surface area contributed by atoms with Crippen molar-refractivity contribution >= 4 is 49.3 Å². The zero-order valence-corrected chi connectivity index (χ0v) is 11.0. The van der Waals surface area contributed by atoms with Gasteiger partial charge in [0.05, 0.1) is 5.52 Å². The second kappa shape index (κ2) is 3.51. The minimum absolute atomic E-state index is 0.769. The van der Waals surface area contributed by atoms with Gasteiger partial charge in [0.15, 0.2) is 0 Å². The summed E-state index contributed by atoms with van der Waals surface area (Å²) in [5.41, 5.74) is 3.48. The van der Waals surface area contributed by atoms with Crippen molar-refractivity contribution in [3.63, 3.8) is 0 Å². The van der Waals surface area contributed by atoms with E-state index in [0.717, 1.165) is 20.5 Å². The number of aryl methyl sites for hydroxylation is 1. The molecule has 16 heavy (non-hydrogen) atoms. The van der Waals surface area contributed by atoms with Gasteiger partial charge in [-0.25, -0.2) is 0 Å². The molecule has 0 unspecified atom stereocenters. The maximum atomic E-state index is 6.03. The number of nitrogens with one attached hydrogen (secondary N) is 1. The van der Waals surface area contributed by atoms with Crippen molar-refractivity contribution in [1.82, 2.24) is 4.98 Å². The molecule has 0 amide bonds. The van der Waals surface area contributed by atoms with Gasteiger partial charge in [-0.3, -0.25) is 0 Å². The predicted octanol–water partition coefficient (Wildman–Crippen LogP) is 5.05. The minimum Gasteiger partial charge on any atom is -0.354 e. The highest BCUT2D eigenvalue weighted by molar-refractivity contribution is 9.10. The van der Waals surface area contributed by atoms with E-state index < -0.39 is 0 Å². The molecule has 3 rings (SSSR count). The lowest BCUT2D eigenvalue weighted by molar-refractivity contribution is 1.46. The van der Waals surface area contributed by atoms with Crippen LogP contribution in [0.3, 0.4) is 0 Å². The Morgan fingerprint density at radius 3 is 2.75 bits per heavy atom. The van der Waals surface area contributed by atoms with Crippen molar-refractivity contribution in [2.24, 2.45) is 0 Å². The summed E-state index contributed by atoms with van der Waals surface area (Å²) in [4.78, 5) is 3.40. The first-order chi connectivity index (χ1) is 7.65. The smallest absolute Gasteiger partial charge is 0.0609 e. The SMILES string of the molecule is Cc1cc(Br)c2[nH]c3ccc(Cl)cc3c2c1. The van der Waals surface area contributed by atoms with Crippen LogP contribution in [0.25, 0.3) is 21.8 Å². The topological polar surface area (TPSA) is 15.8 Å². The molecule has 0 aliphatic rings. The van der Waals surface area contributed by atoms with Gasteiger partial charge in [0.1, 0.15) is 0 Å². The lowest BCUT2D eigenvalue weighted by Crippen LogP contribution is -1.75. The van der Waals surface area contributed by atoms with Crippen molar-refractivity contribution < 1.29 is 0 Å². The normalized spacial score (nSPS) is 11.4. The van der Waals surface area contributed by atoms with Crippen LogP contribution in [0.5, 0.6) is 0 Å². The molecule has 0 bridgehead atoms. The first kappa shape index (κ1) is 10.2. The van der Waals surface area contributed by atoms with E-state index in [1.165, 1.54) is 16.3 Å². The Labute approximate surface area is 107 Å². The average Bonchev–Trinajstić information content (AvgIpc) is 2.57. The second-order valence-corrected chi connectivity index (χ2v) is 5.27. The van der Waals surface area contributed by atoms with E-state index in [2.05, 4.69) is 40.0 Å². The molecule has 0 aliphatic heterocycles. The molecule has 0 aliphatic carbocycles. The molecule has 0 fully saturated rings. The lowest BCUT2D eigenvalue weighted by atomic mass is 10.1. The van der Waals surface area contributed by atoms with E-state index >= 15 is 0 Å².